The molecule has 3 nitrogen and oxygen atoms in total. The van der Waals surface area contributed by atoms with Gasteiger partial charge in [-0.3, -0.25) is 9.69 Å². The topological polar surface area (TPSA) is 40.5 Å². The first-order valence-electron chi connectivity index (χ1n) is 6.87. The predicted octanol–water partition coefficient (Wildman–Crippen LogP) is 3.98. The van der Waals surface area contributed by atoms with Gasteiger partial charge in [0.1, 0.15) is 11.4 Å². The minimum Gasteiger partial charge on any atom is -0.480 e. The monoisotopic (exact) mass is 343 g/mol. The zero-order valence-corrected chi connectivity index (χ0v) is 13.3. The highest BCUT2D eigenvalue weighted by Gasteiger charge is 2.48. The first kappa shape index (κ1) is 15.4. The summed E-state index contributed by atoms with van der Waals surface area (Å²) in [5.41, 5.74) is 0.125. The molecule has 1 aliphatic heterocycles. The fourth-order valence-corrected chi connectivity index (χ4v) is 3.92. The molecule has 1 aliphatic rings. The quantitative estimate of drug-likeness (QED) is 0.898. The van der Waals surface area contributed by atoms with E-state index in [1.807, 2.05) is 18.7 Å². The first-order valence-corrected chi connectivity index (χ1v) is 7.66. The van der Waals surface area contributed by atoms with E-state index in [9.17, 15) is 14.3 Å². The molecule has 5 heteroatoms. The third-order valence-corrected chi connectivity index (χ3v) is 5.09. The number of halogens is 2. The Hall–Kier alpha value is -0.940. The van der Waals surface area contributed by atoms with Gasteiger partial charge in [0.25, 0.3) is 0 Å². The highest BCUT2D eigenvalue weighted by atomic mass is 79.9. The maximum atomic E-state index is 13.2. The van der Waals surface area contributed by atoms with Crippen molar-refractivity contribution in [3.05, 3.63) is 34.1 Å². The number of hydrogen-bond acceptors (Lipinski definition) is 2. The van der Waals surface area contributed by atoms with Crippen LogP contribution >= 0.6 is 15.9 Å². The van der Waals surface area contributed by atoms with Crippen LogP contribution in [0.2, 0.25) is 0 Å². The van der Waals surface area contributed by atoms with Gasteiger partial charge in [0, 0.05) is 10.5 Å². The zero-order valence-electron chi connectivity index (χ0n) is 11.7. The summed E-state index contributed by atoms with van der Waals surface area (Å²) in [6.07, 6.45) is 2.12. The van der Waals surface area contributed by atoms with E-state index in [4.69, 9.17) is 0 Å². The molecule has 0 radical (unpaired) electrons. The van der Waals surface area contributed by atoms with E-state index in [1.54, 1.807) is 6.07 Å². The summed E-state index contributed by atoms with van der Waals surface area (Å²) in [5.74, 6) is -1.06. The highest BCUT2D eigenvalue weighted by Crippen LogP contribution is 2.40. The molecule has 0 saturated carbocycles. The average molecular weight is 344 g/mol. The Bertz CT molecular complexity index is 523. The fourth-order valence-electron chi connectivity index (χ4n) is 3.23. The van der Waals surface area contributed by atoms with Crippen LogP contribution in [0.3, 0.4) is 0 Å². The smallest absolute Gasteiger partial charge is 0.324 e. The minimum atomic E-state index is -0.798. The maximum absolute atomic E-state index is 13.2. The van der Waals surface area contributed by atoms with Gasteiger partial charge in [0.15, 0.2) is 0 Å². The maximum Gasteiger partial charge on any atom is 0.324 e. The summed E-state index contributed by atoms with van der Waals surface area (Å²) < 4.78 is 13.9. The summed E-state index contributed by atoms with van der Waals surface area (Å²) in [7, 11) is 0. The summed E-state index contributed by atoms with van der Waals surface area (Å²) in [4.78, 5) is 13.8. The van der Waals surface area contributed by atoms with Crippen LogP contribution in [0.4, 0.5) is 4.39 Å². The number of carboxylic acid groups (broad SMARTS) is 1. The number of carboxylic acids is 1. The number of aliphatic carboxylic acids is 1. The molecule has 0 aliphatic carbocycles. The van der Waals surface area contributed by atoms with E-state index in [2.05, 4.69) is 15.9 Å². The van der Waals surface area contributed by atoms with Gasteiger partial charge in [-0.05, 0) is 50.4 Å². The van der Waals surface area contributed by atoms with Crippen molar-refractivity contribution < 1.29 is 14.3 Å². The van der Waals surface area contributed by atoms with Crippen molar-refractivity contribution in [3.8, 4) is 0 Å². The molecular weight excluding hydrogens is 325 g/mol. The number of carbonyl (C=O) groups is 1. The van der Waals surface area contributed by atoms with E-state index in [-0.39, 0.29) is 11.9 Å². The molecular formula is C15H19BrFNO2. The van der Waals surface area contributed by atoms with E-state index < -0.39 is 11.5 Å². The number of hydrogen-bond donors (Lipinski definition) is 1. The lowest BCUT2D eigenvalue weighted by Gasteiger charge is -2.38. The molecule has 2 rings (SSSR count). The van der Waals surface area contributed by atoms with Crippen molar-refractivity contribution >= 4 is 21.9 Å². The third-order valence-electron chi connectivity index (χ3n) is 4.40. The molecule has 1 aromatic carbocycles. The van der Waals surface area contributed by atoms with Crippen LogP contribution in [0.5, 0.6) is 0 Å². The van der Waals surface area contributed by atoms with Crippen LogP contribution in [-0.4, -0.2) is 28.1 Å². The van der Waals surface area contributed by atoms with Crippen LogP contribution in [-0.2, 0) is 4.79 Å². The predicted molar refractivity (Wildman–Crippen MR) is 79.1 cm³/mol. The second-order valence-electron chi connectivity index (χ2n) is 5.33. The molecule has 1 aromatic rings. The van der Waals surface area contributed by atoms with Gasteiger partial charge in [-0.2, -0.15) is 0 Å². The molecule has 110 valence electrons. The van der Waals surface area contributed by atoms with Gasteiger partial charge in [-0.15, -0.1) is 0 Å². The van der Waals surface area contributed by atoms with Crippen molar-refractivity contribution in [2.45, 2.75) is 44.7 Å². The normalized spacial score (nSPS) is 24.8. The van der Waals surface area contributed by atoms with Gasteiger partial charge in [-0.1, -0.05) is 28.9 Å². The molecule has 1 N–H and O–H groups in total. The lowest BCUT2D eigenvalue weighted by atomic mass is 9.91. The van der Waals surface area contributed by atoms with Gasteiger partial charge >= 0.3 is 5.97 Å². The van der Waals surface area contributed by atoms with Crippen molar-refractivity contribution in [1.82, 2.24) is 4.90 Å². The summed E-state index contributed by atoms with van der Waals surface area (Å²) in [5, 5.41) is 9.63. The van der Waals surface area contributed by atoms with Crippen LogP contribution in [0.15, 0.2) is 22.7 Å². The van der Waals surface area contributed by atoms with Crippen molar-refractivity contribution in [1.29, 1.82) is 0 Å². The largest absolute Gasteiger partial charge is 0.480 e. The second-order valence-corrected chi connectivity index (χ2v) is 6.18. The highest BCUT2D eigenvalue weighted by molar-refractivity contribution is 9.10. The Morgan fingerprint density at radius 3 is 2.85 bits per heavy atom. The number of rotatable bonds is 4. The molecule has 20 heavy (non-hydrogen) atoms. The summed E-state index contributed by atoms with van der Waals surface area (Å²) in [6.45, 7) is 4.65. The van der Waals surface area contributed by atoms with Gasteiger partial charge in [-0.25, -0.2) is 4.39 Å². The average Bonchev–Trinajstić information content (AvgIpc) is 2.83. The lowest BCUT2D eigenvalue weighted by Crippen LogP contribution is -2.50. The fraction of sp³-hybridized carbons (Fsp3) is 0.533. The van der Waals surface area contributed by atoms with Crippen LogP contribution in [0.1, 0.15) is 44.7 Å². The SMILES string of the molecule is CCC1(C(=O)O)CCCN1C(C)c1ccc(F)cc1Br. The molecule has 0 bridgehead atoms. The lowest BCUT2D eigenvalue weighted by molar-refractivity contribution is -0.151. The third kappa shape index (κ3) is 2.49. The van der Waals surface area contributed by atoms with Gasteiger partial charge in [0.05, 0.1) is 0 Å². The molecule has 2 unspecified atom stereocenters. The Kier molecular flexibility index (Phi) is 4.49. The van der Waals surface area contributed by atoms with E-state index in [1.165, 1.54) is 12.1 Å². The van der Waals surface area contributed by atoms with E-state index in [0.717, 1.165) is 18.5 Å². The van der Waals surface area contributed by atoms with E-state index >= 15 is 0 Å². The van der Waals surface area contributed by atoms with Crippen molar-refractivity contribution in [2.24, 2.45) is 0 Å². The molecule has 1 saturated heterocycles. The summed E-state index contributed by atoms with van der Waals surface area (Å²) in [6, 6.07) is 4.51. The Balaban J connectivity index is 2.36. The van der Waals surface area contributed by atoms with Gasteiger partial charge < -0.3 is 5.11 Å². The number of nitrogens with zero attached hydrogens (tertiary/aromatic N) is 1. The van der Waals surface area contributed by atoms with Crippen molar-refractivity contribution in [3.63, 3.8) is 0 Å². The molecule has 0 spiro atoms. The molecule has 0 amide bonds. The zero-order chi connectivity index (χ0) is 14.9. The van der Waals surface area contributed by atoms with E-state index in [0.29, 0.717) is 17.3 Å². The van der Waals surface area contributed by atoms with Crippen LogP contribution in [0.25, 0.3) is 0 Å². The number of benzene rings is 1. The summed E-state index contributed by atoms with van der Waals surface area (Å²) >= 11 is 3.38. The van der Waals surface area contributed by atoms with Gasteiger partial charge in [0.2, 0.25) is 0 Å². The number of likely N-dealkylation sites (tertiary alicyclic amines) is 1. The standard InChI is InChI=1S/C15H19BrFNO2/c1-3-15(14(19)20)7-4-8-18(15)10(2)12-6-5-11(17)9-13(12)16/h5-6,9-10H,3-4,7-8H2,1-2H3,(H,19,20). The molecule has 1 fully saturated rings. The van der Waals surface area contributed by atoms with Crippen molar-refractivity contribution in [2.75, 3.05) is 6.54 Å². The first-order chi connectivity index (χ1) is 9.42. The Morgan fingerprint density at radius 2 is 2.30 bits per heavy atom. The Labute approximate surface area is 126 Å². The minimum absolute atomic E-state index is 0.0662. The molecule has 0 aromatic heterocycles. The van der Waals surface area contributed by atoms with Crippen LogP contribution < -0.4 is 0 Å². The molecule has 2 atom stereocenters. The molecule has 1 heterocycles. The Morgan fingerprint density at radius 1 is 1.60 bits per heavy atom. The van der Waals surface area contributed by atoms with Crippen LogP contribution in [0, 0.1) is 5.82 Å². The second kappa shape index (κ2) is 5.82.